The molecule has 0 amide bonds. The normalized spacial score (nSPS) is 11.5. The predicted molar refractivity (Wildman–Crippen MR) is 116 cm³/mol. The molecule has 2 heterocycles. The number of aromatic amines is 1. The number of nitrogens with zero attached hydrogens (tertiary/aromatic N) is 3. The van der Waals surface area contributed by atoms with E-state index in [0.29, 0.717) is 35.8 Å². The molecule has 0 bridgehead atoms. The highest BCUT2D eigenvalue weighted by molar-refractivity contribution is 7.99. The molecule has 4 aromatic rings. The lowest BCUT2D eigenvalue weighted by molar-refractivity contribution is 0.183. The van der Waals surface area contributed by atoms with Gasteiger partial charge in [-0.05, 0) is 30.7 Å². The zero-order chi connectivity index (χ0) is 20.2. The molecule has 29 heavy (non-hydrogen) atoms. The first-order valence-corrected chi connectivity index (χ1v) is 10.5. The fourth-order valence-corrected chi connectivity index (χ4v) is 4.30. The van der Waals surface area contributed by atoms with Crippen molar-refractivity contribution < 1.29 is 4.74 Å². The third-order valence-corrected chi connectivity index (χ3v) is 5.85. The van der Waals surface area contributed by atoms with Crippen molar-refractivity contribution in [3.63, 3.8) is 0 Å². The smallest absolute Gasteiger partial charge is 0.326 e. The molecule has 0 aliphatic heterocycles. The second-order valence-electron chi connectivity index (χ2n) is 6.66. The zero-order valence-corrected chi connectivity index (χ0v) is 16.9. The monoisotopic (exact) mass is 410 g/mol. The van der Waals surface area contributed by atoms with Crippen molar-refractivity contribution in [2.75, 3.05) is 19.5 Å². The zero-order valence-electron chi connectivity index (χ0n) is 16.1. The molecule has 7 nitrogen and oxygen atoms in total. The van der Waals surface area contributed by atoms with Gasteiger partial charge in [-0.25, -0.2) is 9.78 Å². The summed E-state index contributed by atoms with van der Waals surface area (Å²) < 4.78 is 8.58. The number of para-hydroxylation sites is 3. The van der Waals surface area contributed by atoms with Gasteiger partial charge in [-0.15, -0.1) is 0 Å². The summed E-state index contributed by atoms with van der Waals surface area (Å²) in [5, 5.41) is 1.29. The number of ether oxygens (including phenoxy) is 1. The van der Waals surface area contributed by atoms with Crippen LogP contribution in [0, 0.1) is 0 Å². The Balaban J connectivity index is 1.52. The second-order valence-corrected chi connectivity index (χ2v) is 7.72. The van der Waals surface area contributed by atoms with E-state index in [9.17, 15) is 9.59 Å². The number of benzene rings is 2. The highest BCUT2D eigenvalue weighted by Crippen LogP contribution is 2.19. The molecule has 0 spiro atoms. The molecule has 0 saturated heterocycles. The van der Waals surface area contributed by atoms with Crippen molar-refractivity contribution >= 4 is 33.7 Å². The Morgan fingerprint density at radius 1 is 1.03 bits per heavy atom. The summed E-state index contributed by atoms with van der Waals surface area (Å²) in [5.74, 6) is 0.740. The number of hydrogen-bond donors (Lipinski definition) is 1. The average molecular weight is 410 g/mol. The van der Waals surface area contributed by atoms with E-state index in [-0.39, 0.29) is 11.2 Å². The molecule has 0 atom stereocenters. The maximum absolute atomic E-state index is 12.9. The topological polar surface area (TPSA) is 81.9 Å². The van der Waals surface area contributed by atoms with Crippen LogP contribution in [0.5, 0.6) is 0 Å². The summed E-state index contributed by atoms with van der Waals surface area (Å²) in [4.78, 5) is 32.6. The van der Waals surface area contributed by atoms with Crippen LogP contribution in [0.25, 0.3) is 21.9 Å². The lowest BCUT2D eigenvalue weighted by Gasteiger charge is -2.12. The van der Waals surface area contributed by atoms with Gasteiger partial charge in [-0.3, -0.25) is 13.9 Å². The van der Waals surface area contributed by atoms with E-state index < -0.39 is 0 Å². The van der Waals surface area contributed by atoms with Crippen LogP contribution in [0.3, 0.4) is 0 Å². The van der Waals surface area contributed by atoms with E-state index in [1.54, 1.807) is 22.3 Å². The molecule has 2 aromatic carbocycles. The summed E-state index contributed by atoms with van der Waals surface area (Å²) in [7, 11) is 1.62. The molecule has 150 valence electrons. The Labute approximate surface area is 171 Å². The Hall–Kier alpha value is -2.84. The van der Waals surface area contributed by atoms with Crippen molar-refractivity contribution in [1.82, 2.24) is 19.1 Å². The van der Waals surface area contributed by atoms with Gasteiger partial charge < -0.3 is 9.72 Å². The number of rotatable bonds is 8. The molecule has 8 heteroatoms. The second kappa shape index (κ2) is 8.67. The van der Waals surface area contributed by atoms with E-state index >= 15 is 0 Å². The van der Waals surface area contributed by atoms with Crippen molar-refractivity contribution in [1.29, 1.82) is 0 Å². The van der Waals surface area contributed by atoms with Gasteiger partial charge in [0.25, 0.3) is 5.56 Å². The lowest BCUT2D eigenvalue weighted by atomic mass is 10.2. The number of H-pyrrole nitrogens is 1. The van der Waals surface area contributed by atoms with Crippen LogP contribution in [-0.4, -0.2) is 38.6 Å². The van der Waals surface area contributed by atoms with Gasteiger partial charge in [0.15, 0.2) is 5.16 Å². The first-order valence-electron chi connectivity index (χ1n) is 9.48. The van der Waals surface area contributed by atoms with E-state index in [1.165, 1.54) is 11.8 Å². The summed E-state index contributed by atoms with van der Waals surface area (Å²) in [6, 6.07) is 15.0. The molecular formula is C21H22N4O3S. The van der Waals surface area contributed by atoms with Gasteiger partial charge >= 0.3 is 5.69 Å². The lowest BCUT2D eigenvalue weighted by Crippen LogP contribution is -2.25. The molecule has 0 fully saturated rings. The fraction of sp³-hybridized carbons (Fsp3) is 0.286. The van der Waals surface area contributed by atoms with Gasteiger partial charge in [-0.1, -0.05) is 36.0 Å². The van der Waals surface area contributed by atoms with Crippen LogP contribution in [-0.2, 0) is 17.8 Å². The first kappa shape index (κ1) is 19.5. The molecule has 0 radical (unpaired) electrons. The van der Waals surface area contributed by atoms with E-state index in [0.717, 1.165) is 23.2 Å². The maximum Gasteiger partial charge on any atom is 0.326 e. The van der Waals surface area contributed by atoms with E-state index in [4.69, 9.17) is 4.74 Å². The minimum absolute atomic E-state index is 0.0528. The third kappa shape index (κ3) is 3.99. The van der Waals surface area contributed by atoms with Crippen molar-refractivity contribution in [2.45, 2.75) is 24.7 Å². The standard InChI is InChI=1S/C21H22N4O3S/c1-28-13-12-25-19(26)15-7-2-3-8-16(15)23-21(25)29-14-6-11-24-18-10-5-4-9-17(18)22-20(24)27/h2-5,7-10H,6,11-14H2,1H3,(H,22,27). The molecule has 0 saturated carbocycles. The minimum Gasteiger partial charge on any atom is -0.383 e. The van der Waals surface area contributed by atoms with Crippen LogP contribution < -0.4 is 11.2 Å². The average Bonchev–Trinajstić information content (AvgIpc) is 3.06. The summed E-state index contributed by atoms with van der Waals surface area (Å²) in [6.45, 7) is 1.50. The van der Waals surface area contributed by atoms with Crippen LogP contribution in [0.1, 0.15) is 6.42 Å². The van der Waals surface area contributed by atoms with Crippen molar-refractivity contribution in [2.24, 2.45) is 0 Å². The number of thioether (sulfide) groups is 1. The summed E-state index contributed by atoms with van der Waals surface area (Å²) in [5.41, 5.74) is 2.29. The van der Waals surface area contributed by atoms with Gasteiger partial charge in [0.1, 0.15) is 0 Å². The number of aryl methyl sites for hydroxylation is 1. The summed E-state index contributed by atoms with van der Waals surface area (Å²) >= 11 is 1.53. The van der Waals surface area contributed by atoms with Gasteiger partial charge in [0, 0.05) is 19.4 Å². The first-order chi connectivity index (χ1) is 14.2. The third-order valence-electron chi connectivity index (χ3n) is 4.78. The molecule has 0 aliphatic rings. The largest absolute Gasteiger partial charge is 0.383 e. The van der Waals surface area contributed by atoms with E-state index in [2.05, 4.69) is 9.97 Å². The molecule has 1 N–H and O–H groups in total. The number of imidazole rings is 1. The molecular weight excluding hydrogens is 388 g/mol. The van der Waals surface area contributed by atoms with Crippen LogP contribution in [0.2, 0.25) is 0 Å². The quantitative estimate of drug-likeness (QED) is 0.274. The van der Waals surface area contributed by atoms with E-state index in [1.807, 2.05) is 42.5 Å². The number of fused-ring (bicyclic) bond motifs is 2. The number of nitrogens with one attached hydrogen (secondary N) is 1. The SMILES string of the molecule is COCCn1c(SCCCn2c(=O)[nH]c3ccccc32)nc2ccccc2c1=O. The van der Waals surface area contributed by atoms with Crippen LogP contribution in [0.4, 0.5) is 0 Å². The predicted octanol–water partition coefficient (Wildman–Crippen LogP) is 2.87. The maximum atomic E-state index is 12.9. The molecule has 0 unspecified atom stereocenters. The Morgan fingerprint density at radius 3 is 2.69 bits per heavy atom. The van der Waals surface area contributed by atoms with Crippen molar-refractivity contribution in [3.05, 3.63) is 69.4 Å². The van der Waals surface area contributed by atoms with Crippen LogP contribution in [0.15, 0.2) is 63.3 Å². The molecule has 4 rings (SSSR count). The molecule has 0 aliphatic carbocycles. The Bertz CT molecular complexity index is 1260. The number of aromatic nitrogens is 4. The number of methoxy groups -OCH3 is 1. The minimum atomic E-state index is -0.1000. The molecule has 2 aromatic heterocycles. The Kier molecular flexibility index (Phi) is 5.82. The van der Waals surface area contributed by atoms with Gasteiger partial charge in [-0.2, -0.15) is 0 Å². The van der Waals surface area contributed by atoms with Crippen molar-refractivity contribution in [3.8, 4) is 0 Å². The summed E-state index contributed by atoms with van der Waals surface area (Å²) in [6.07, 6.45) is 0.777. The Morgan fingerprint density at radius 2 is 1.83 bits per heavy atom. The highest BCUT2D eigenvalue weighted by Gasteiger charge is 2.12. The fourth-order valence-electron chi connectivity index (χ4n) is 3.35. The highest BCUT2D eigenvalue weighted by atomic mass is 32.2. The van der Waals surface area contributed by atoms with Gasteiger partial charge in [0.05, 0.1) is 35.1 Å². The van der Waals surface area contributed by atoms with Gasteiger partial charge in [0.2, 0.25) is 0 Å². The number of hydrogen-bond acceptors (Lipinski definition) is 5. The van der Waals surface area contributed by atoms with Crippen LogP contribution >= 0.6 is 11.8 Å².